The van der Waals surface area contributed by atoms with E-state index in [9.17, 15) is 14.4 Å². The molecule has 0 atom stereocenters. The summed E-state index contributed by atoms with van der Waals surface area (Å²) in [5.41, 5.74) is -2.20. The molecule has 0 unspecified atom stereocenters. The second-order valence-electron chi connectivity index (χ2n) is 8.41. The molecule has 0 aliphatic carbocycles. The lowest BCUT2D eigenvalue weighted by Gasteiger charge is -2.30. The maximum atomic E-state index is 11.7. The molecule has 0 saturated heterocycles. The molecule has 0 aliphatic rings. The van der Waals surface area contributed by atoms with Crippen molar-refractivity contribution in [3.8, 4) is 0 Å². The number of carbonyl (C=O) groups is 3. The SMILES string of the molecule is C=CC(=O)NC(C)(COCC(=O)OC(C)(C)C)COCC(=O)OC(C)(C)C. The smallest absolute Gasteiger partial charge is 0.332 e. The average molecular weight is 387 g/mol. The van der Waals surface area contributed by atoms with E-state index in [4.69, 9.17) is 18.9 Å². The number of hydrogen-bond acceptors (Lipinski definition) is 7. The van der Waals surface area contributed by atoms with E-state index in [0.717, 1.165) is 6.08 Å². The van der Waals surface area contributed by atoms with Gasteiger partial charge >= 0.3 is 11.9 Å². The van der Waals surface area contributed by atoms with E-state index in [1.165, 1.54) is 0 Å². The van der Waals surface area contributed by atoms with E-state index < -0.39 is 34.6 Å². The molecular formula is C19H33NO7. The van der Waals surface area contributed by atoms with Gasteiger partial charge in [-0.1, -0.05) is 6.58 Å². The number of rotatable bonds is 10. The third kappa shape index (κ3) is 13.9. The van der Waals surface area contributed by atoms with Gasteiger partial charge in [-0.2, -0.15) is 0 Å². The summed E-state index contributed by atoms with van der Waals surface area (Å²) < 4.78 is 21.0. The van der Waals surface area contributed by atoms with Crippen LogP contribution in [0.5, 0.6) is 0 Å². The van der Waals surface area contributed by atoms with Crippen molar-refractivity contribution in [1.29, 1.82) is 0 Å². The lowest BCUT2D eigenvalue weighted by Crippen LogP contribution is -2.53. The second-order valence-corrected chi connectivity index (χ2v) is 8.41. The minimum Gasteiger partial charge on any atom is -0.458 e. The predicted molar refractivity (Wildman–Crippen MR) is 100 cm³/mol. The molecule has 1 amide bonds. The maximum Gasteiger partial charge on any atom is 0.332 e. The number of esters is 2. The molecule has 0 fully saturated rings. The molecule has 8 heteroatoms. The summed E-state index contributed by atoms with van der Waals surface area (Å²) in [6.45, 7) is 15.0. The number of amides is 1. The van der Waals surface area contributed by atoms with Gasteiger partial charge in [0.05, 0.1) is 18.8 Å². The summed E-state index contributed by atoms with van der Waals surface area (Å²) in [5.74, 6) is -1.47. The summed E-state index contributed by atoms with van der Waals surface area (Å²) in [4.78, 5) is 35.1. The number of hydrogen-bond donors (Lipinski definition) is 1. The Hall–Kier alpha value is -1.93. The fourth-order valence-corrected chi connectivity index (χ4v) is 1.92. The Labute approximate surface area is 161 Å². The van der Waals surface area contributed by atoms with E-state index in [0.29, 0.717) is 0 Å². The highest BCUT2D eigenvalue weighted by molar-refractivity contribution is 5.87. The van der Waals surface area contributed by atoms with Crippen molar-refractivity contribution < 1.29 is 33.3 Å². The first kappa shape index (κ1) is 25.1. The normalized spacial score (nSPS) is 12.3. The fourth-order valence-electron chi connectivity index (χ4n) is 1.92. The Kier molecular flexibility index (Phi) is 9.67. The van der Waals surface area contributed by atoms with Gasteiger partial charge in [0.15, 0.2) is 0 Å². The van der Waals surface area contributed by atoms with Crippen LogP contribution in [0, 0.1) is 0 Å². The van der Waals surface area contributed by atoms with Crippen LogP contribution < -0.4 is 5.32 Å². The molecule has 0 bridgehead atoms. The van der Waals surface area contributed by atoms with Crippen LogP contribution in [0.2, 0.25) is 0 Å². The van der Waals surface area contributed by atoms with Crippen LogP contribution in [0.25, 0.3) is 0 Å². The van der Waals surface area contributed by atoms with Gasteiger partial charge in [0.25, 0.3) is 0 Å². The number of carbonyl (C=O) groups excluding carboxylic acids is 3. The Morgan fingerprint density at radius 1 is 0.815 bits per heavy atom. The van der Waals surface area contributed by atoms with Crippen molar-refractivity contribution in [3.63, 3.8) is 0 Å². The fraction of sp³-hybridized carbons (Fsp3) is 0.737. The van der Waals surface area contributed by atoms with Crippen LogP contribution in [0.15, 0.2) is 12.7 Å². The average Bonchev–Trinajstić information content (AvgIpc) is 2.42. The molecule has 0 aromatic heterocycles. The second kappa shape index (κ2) is 10.4. The van der Waals surface area contributed by atoms with Crippen molar-refractivity contribution in [3.05, 3.63) is 12.7 Å². The molecule has 8 nitrogen and oxygen atoms in total. The molecule has 0 rings (SSSR count). The highest BCUT2D eigenvalue weighted by Gasteiger charge is 2.28. The van der Waals surface area contributed by atoms with Crippen LogP contribution in [-0.2, 0) is 33.3 Å². The Balaban J connectivity index is 4.63. The third-order valence-electron chi connectivity index (χ3n) is 2.73. The van der Waals surface area contributed by atoms with Crippen LogP contribution >= 0.6 is 0 Å². The standard InChI is InChI=1S/C19H33NO7/c1-9-14(21)20-19(8,12-24-10-15(22)26-17(2,3)4)13-25-11-16(23)27-18(5,6)7/h9H,1,10-13H2,2-8H3,(H,20,21). The maximum absolute atomic E-state index is 11.7. The summed E-state index contributed by atoms with van der Waals surface area (Å²) in [6.07, 6.45) is 1.11. The molecule has 0 aromatic carbocycles. The van der Waals surface area contributed by atoms with Crippen LogP contribution in [0.3, 0.4) is 0 Å². The lowest BCUT2D eigenvalue weighted by atomic mass is 10.1. The van der Waals surface area contributed by atoms with E-state index in [1.54, 1.807) is 48.5 Å². The Bertz CT molecular complexity index is 495. The van der Waals surface area contributed by atoms with Gasteiger partial charge in [0, 0.05) is 0 Å². The quantitative estimate of drug-likeness (QED) is 0.450. The molecular weight excluding hydrogens is 354 g/mol. The topological polar surface area (TPSA) is 100 Å². The van der Waals surface area contributed by atoms with Crippen molar-refractivity contribution in [1.82, 2.24) is 5.32 Å². The van der Waals surface area contributed by atoms with Crippen molar-refractivity contribution >= 4 is 17.8 Å². The first-order chi connectivity index (χ1) is 12.2. The first-order valence-electron chi connectivity index (χ1n) is 8.69. The molecule has 1 N–H and O–H groups in total. The van der Waals surface area contributed by atoms with E-state index in [2.05, 4.69) is 11.9 Å². The van der Waals surface area contributed by atoms with E-state index in [1.807, 2.05) is 0 Å². The van der Waals surface area contributed by atoms with Crippen molar-refractivity contribution in [2.75, 3.05) is 26.4 Å². The Morgan fingerprint density at radius 2 is 1.19 bits per heavy atom. The molecule has 0 heterocycles. The molecule has 0 spiro atoms. The van der Waals surface area contributed by atoms with Gasteiger partial charge in [-0.25, -0.2) is 9.59 Å². The largest absolute Gasteiger partial charge is 0.458 e. The molecule has 0 saturated carbocycles. The lowest BCUT2D eigenvalue weighted by molar-refractivity contribution is -0.162. The van der Waals surface area contributed by atoms with Crippen LogP contribution in [-0.4, -0.2) is 61.0 Å². The Morgan fingerprint density at radius 3 is 1.48 bits per heavy atom. The summed E-state index contributed by atoms with van der Waals surface area (Å²) in [6, 6.07) is 0. The molecule has 0 radical (unpaired) electrons. The minimum atomic E-state index is -0.977. The van der Waals surface area contributed by atoms with Crippen molar-refractivity contribution in [2.45, 2.75) is 65.2 Å². The summed E-state index contributed by atoms with van der Waals surface area (Å²) in [5, 5.41) is 2.68. The highest BCUT2D eigenvalue weighted by atomic mass is 16.6. The highest BCUT2D eigenvalue weighted by Crippen LogP contribution is 2.10. The predicted octanol–water partition coefficient (Wildman–Crippen LogP) is 1.76. The molecule has 156 valence electrons. The van der Waals surface area contributed by atoms with Crippen molar-refractivity contribution in [2.24, 2.45) is 0 Å². The summed E-state index contributed by atoms with van der Waals surface area (Å²) >= 11 is 0. The van der Waals surface area contributed by atoms with Gasteiger partial charge in [0.1, 0.15) is 24.4 Å². The first-order valence-corrected chi connectivity index (χ1v) is 8.69. The number of nitrogens with one attached hydrogen (secondary N) is 1. The monoisotopic (exact) mass is 387 g/mol. The van der Waals surface area contributed by atoms with E-state index >= 15 is 0 Å². The zero-order valence-electron chi connectivity index (χ0n) is 17.5. The van der Waals surface area contributed by atoms with E-state index in [-0.39, 0.29) is 26.4 Å². The zero-order valence-corrected chi connectivity index (χ0v) is 17.5. The third-order valence-corrected chi connectivity index (χ3v) is 2.73. The van der Waals surface area contributed by atoms with Crippen LogP contribution in [0.4, 0.5) is 0 Å². The van der Waals surface area contributed by atoms with Gasteiger partial charge in [-0.15, -0.1) is 0 Å². The molecule has 27 heavy (non-hydrogen) atoms. The zero-order chi connectivity index (χ0) is 21.3. The number of ether oxygens (including phenoxy) is 4. The van der Waals surface area contributed by atoms with Gasteiger partial charge in [-0.3, -0.25) is 4.79 Å². The van der Waals surface area contributed by atoms with Gasteiger partial charge < -0.3 is 24.3 Å². The summed E-state index contributed by atoms with van der Waals surface area (Å²) in [7, 11) is 0. The van der Waals surface area contributed by atoms with Gasteiger partial charge in [-0.05, 0) is 54.5 Å². The molecule has 0 aromatic rings. The van der Waals surface area contributed by atoms with Crippen LogP contribution in [0.1, 0.15) is 48.5 Å². The van der Waals surface area contributed by atoms with Gasteiger partial charge in [0.2, 0.25) is 5.91 Å². The minimum absolute atomic E-state index is 0.0276. The molecule has 0 aliphatic heterocycles.